The Bertz CT molecular complexity index is 1130. The first kappa shape index (κ1) is 27.1. The molecule has 0 spiro atoms. The molecule has 1 aromatic heterocycles. The molecule has 3 rings (SSSR count). The molecule has 0 fully saturated rings. The zero-order valence-electron chi connectivity index (χ0n) is 21.5. The van der Waals surface area contributed by atoms with E-state index in [4.69, 9.17) is 10.7 Å². The molecular weight excluding hydrogens is 454 g/mol. The van der Waals surface area contributed by atoms with Gasteiger partial charge < -0.3 is 25.6 Å². The van der Waals surface area contributed by atoms with E-state index < -0.39 is 23.3 Å². The van der Waals surface area contributed by atoms with Crippen LogP contribution >= 0.6 is 0 Å². The molecule has 1 heterocycles. The van der Waals surface area contributed by atoms with Crippen molar-refractivity contribution in [3.05, 3.63) is 78.2 Å². The largest absolute Gasteiger partial charge is 0.396 e. The lowest BCUT2D eigenvalue weighted by Gasteiger charge is -2.40. The van der Waals surface area contributed by atoms with Crippen LogP contribution in [0.3, 0.4) is 0 Å². The molecule has 2 aromatic carbocycles. The van der Waals surface area contributed by atoms with Crippen molar-refractivity contribution in [2.75, 3.05) is 26.7 Å². The van der Waals surface area contributed by atoms with Crippen molar-refractivity contribution in [3.8, 4) is 11.3 Å². The number of nitrogens with one attached hydrogen (secondary N) is 1. The van der Waals surface area contributed by atoms with Crippen LogP contribution in [-0.4, -0.2) is 58.1 Å². The van der Waals surface area contributed by atoms with Crippen LogP contribution in [0.2, 0.25) is 0 Å². The van der Waals surface area contributed by atoms with Crippen LogP contribution in [0.4, 0.5) is 0 Å². The Morgan fingerprint density at radius 1 is 1.08 bits per heavy atom. The summed E-state index contributed by atoms with van der Waals surface area (Å²) in [5, 5.41) is 12.3. The molecule has 36 heavy (non-hydrogen) atoms. The SMILES string of the molecule is CNC(=O)C(=O)N(CC(CN)CO)C(c1nc(-c2ccccc2)cn1Cc1ccccc1)C(C)(C)C. The smallest absolute Gasteiger partial charge is 0.312 e. The first-order valence-corrected chi connectivity index (χ1v) is 12.2. The second-order valence-corrected chi connectivity index (χ2v) is 10.1. The van der Waals surface area contributed by atoms with Gasteiger partial charge in [0.25, 0.3) is 0 Å². The Morgan fingerprint density at radius 3 is 2.22 bits per heavy atom. The van der Waals surface area contributed by atoms with Gasteiger partial charge in [-0.2, -0.15) is 0 Å². The van der Waals surface area contributed by atoms with Gasteiger partial charge in [0.15, 0.2) is 0 Å². The van der Waals surface area contributed by atoms with Gasteiger partial charge >= 0.3 is 11.8 Å². The van der Waals surface area contributed by atoms with E-state index in [0.29, 0.717) is 12.4 Å². The van der Waals surface area contributed by atoms with Crippen LogP contribution in [0, 0.1) is 11.3 Å². The summed E-state index contributed by atoms with van der Waals surface area (Å²) in [6.45, 7) is 6.70. The Labute approximate surface area is 213 Å². The van der Waals surface area contributed by atoms with Gasteiger partial charge in [-0.1, -0.05) is 81.4 Å². The fourth-order valence-corrected chi connectivity index (χ4v) is 4.33. The third-order valence-corrected chi connectivity index (χ3v) is 6.18. The van der Waals surface area contributed by atoms with Crippen LogP contribution in [-0.2, 0) is 16.1 Å². The summed E-state index contributed by atoms with van der Waals surface area (Å²) in [7, 11) is 1.43. The van der Waals surface area contributed by atoms with Crippen molar-refractivity contribution in [1.29, 1.82) is 0 Å². The highest BCUT2D eigenvalue weighted by molar-refractivity contribution is 6.35. The minimum Gasteiger partial charge on any atom is -0.396 e. The van der Waals surface area contributed by atoms with Crippen molar-refractivity contribution in [2.24, 2.45) is 17.1 Å². The van der Waals surface area contributed by atoms with Crippen molar-refractivity contribution in [2.45, 2.75) is 33.4 Å². The van der Waals surface area contributed by atoms with Crippen molar-refractivity contribution >= 4 is 11.8 Å². The summed E-state index contributed by atoms with van der Waals surface area (Å²) < 4.78 is 2.05. The minimum absolute atomic E-state index is 0.125. The summed E-state index contributed by atoms with van der Waals surface area (Å²) in [6.07, 6.45) is 1.99. The van der Waals surface area contributed by atoms with Gasteiger partial charge in [0.05, 0.1) is 11.7 Å². The Morgan fingerprint density at radius 2 is 1.69 bits per heavy atom. The molecule has 3 aromatic rings. The highest BCUT2D eigenvalue weighted by atomic mass is 16.3. The molecule has 0 radical (unpaired) electrons. The van der Waals surface area contributed by atoms with Gasteiger partial charge in [-0.3, -0.25) is 9.59 Å². The number of carbonyl (C=O) groups is 2. The van der Waals surface area contributed by atoms with Crippen LogP contribution in [0.15, 0.2) is 66.9 Å². The first-order valence-electron chi connectivity index (χ1n) is 12.2. The van der Waals surface area contributed by atoms with Crippen molar-refractivity contribution in [1.82, 2.24) is 19.8 Å². The van der Waals surface area contributed by atoms with Crippen LogP contribution in [0.5, 0.6) is 0 Å². The number of likely N-dealkylation sites (N-methyl/N-ethyl adjacent to an activating group) is 1. The van der Waals surface area contributed by atoms with E-state index in [0.717, 1.165) is 16.8 Å². The van der Waals surface area contributed by atoms with Crippen LogP contribution in [0.25, 0.3) is 11.3 Å². The molecule has 0 saturated heterocycles. The summed E-state index contributed by atoms with van der Waals surface area (Å²) in [6, 6.07) is 19.3. The number of nitrogens with zero attached hydrogens (tertiary/aromatic N) is 3. The third kappa shape index (κ3) is 6.38. The average molecular weight is 492 g/mol. The number of imidazole rings is 1. The third-order valence-electron chi connectivity index (χ3n) is 6.18. The highest BCUT2D eigenvalue weighted by Crippen LogP contribution is 2.39. The van der Waals surface area contributed by atoms with E-state index in [1.165, 1.54) is 11.9 Å². The molecule has 0 aliphatic rings. The summed E-state index contributed by atoms with van der Waals surface area (Å²) in [4.78, 5) is 32.5. The van der Waals surface area contributed by atoms with E-state index in [9.17, 15) is 14.7 Å². The Kier molecular flexibility index (Phi) is 9.01. The monoisotopic (exact) mass is 491 g/mol. The number of amides is 2. The maximum absolute atomic E-state index is 13.4. The molecule has 4 N–H and O–H groups in total. The molecule has 8 nitrogen and oxygen atoms in total. The molecule has 0 aliphatic carbocycles. The predicted molar refractivity (Wildman–Crippen MR) is 141 cm³/mol. The number of aliphatic hydroxyl groups excluding tert-OH is 1. The fourth-order valence-electron chi connectivity index (χ4n) is 4.33. The van der Waals surface area contributed by atoms with E-state index in [1.54, 1.807) is 0 Å². The maximum atomic E-state index is 13.4. The van der Waals surface area contributed by atoms with Gasteiger partial charge in [-0.25, -0.2) is 4.98 Å². The lowest BCUT2D eigenvalue weighted by molar-refractivity contribution is -0.150. The number of carbonyl (C=O) groups excluding carboxylic acids is 2. The number of hydrogen-bond acceptors (Lipinski definition) is 5. The molecular formula is C28H37N5O3. The number of nitrogens with two attached hydrogens (primary N) is 1. The summed E-state index contributed by atoms with van der Waals surface area (Å²) in [5.41, 5.74) is 8.21. The van der Waals surface area contributed by atoms with Crippen molar-refractivity contribution < 1.29 is 14.7 Å². The van der Waals surface area contributed by atoms with Gasteiger partial charge in [-0.05, 0) is 17.5 Å². The van der Waals surface area contributed by atoms with Gasteiger partial charge in [-0.15, -0.1) is 0 Å². The van der Waals surface area contributed by atoms with Gasteiger partial charge in [0, 0.05) is 44.4 Å². The van der Waals surface area contributed by atoms with E-state index >= 15 is 0 Å². The molecule has 0 bridgehead atoms. The lowest BCUT2D eigenvalue weighted by atomic mass is 9.84. The summed E-state index contributed by atoms with van der Waals surface area (Å²) >= 11 is 0. The number of aromatic nitrogens is 2. The molecule has 2 atom stereocenters. The van der Waals surface area contributed by atoms with Crippen LogP contribution < -0.4 is 11.1 Å². The van der Waals surface area contributed by atoms with Crippen LogP contribution in [0.1, 0.15) is 38.2 Å². The molecule has 0 aliphatic heterocycles. The van der Waals surface area contributed by atoms with E-state index in [1.807, 2.05) is 92.2 Å². The molecule has 2 amide bonds. The first-order chi connectivity index (χ1) is 17.2. The minimum atomic E-state index is -0.720. The predicted octanol–water partition coefficient (Wildman–Crippen LogP) is 2.83. The van der Waals surface area contributed by atoms with E-state index in [2.05, 4.69) is 5.32 Å². The topological polar surface area (TPSA) is 113 Å². The summed E-state index contributed by atoms with van der Waals surface area (Å²) in [5.74, 6) is -1.12. The van der Waals surface area contributed by atoms with E-state index in [-0.39, 0.29) is 25.6 Å². The normalized spacial score (nSPS) is 13.2. The highest BCUT2D eigenvalue weighted by Gasteiger charge is 2.40. The quantitative estimate of drug-likeness (QED) is 0.399. The Hall–Kier alpha value is -3.49. The van der Waals surface area contributed by atoms with Gasteiger partial charge in [0.1, 0.15) is 5.82 Å². The molecule has 192 valence electrons. The zero-order chi connectivity index (χ0) is 26.3. The second kappa shape index (κ2) is 12.0. The van der Waals surface area contributed by atoms with Crippen molar-refractivity contribution in [3.63, 3.8) is 0 Å². The zero-order valence-corrected chi connectivity index (χ0v) is 21.5. The Balaban J connectivity index is 2.20. The second-order valence-electron chi connectivity index (χ2n) is 10.1. The lowest BCUT2D eigenvalue weighted by Crippen LogP contribution is -2.50. The number of benzene rings is 2. The van der Waals surface area contributed by atoms with Gasteiger partial charge in [0.2, 0.25) is 0 Å². The standard InChI is InChI=1S/C28H37N5O3/c1-28(2,3)24(33(17-21(15-29)19-34)27(36)26(35)30-4)25-31-23(22-13-9-6-10-14-22)18-32(25)16-20-11-7-5-8-12-20/h5-14,18,21,24,34H,15-17,19,29H2,1-4H3,(H,30,35). The number of hydrogen-bond donors (Lipinski definition) is 3. The molecule has 8 heteroatoms. The maximum Gasteiger partial charge on any atom is 0.312 e. The number of rotatable bonds is 9. The molecule has 2 unspecified atom stereocenters. The average Bonchev–Trinajstić information content (AvgIpc) is 3.28. The number of aliphatic hydroxyl groups is 1. The molecule has 0 saturated carbocycles. The fraction of sp³-hybridized carbons (Fsp3) is 0.393.